The molecule has 5 heteroatoms. The standard InChI is InChI=1S/C7H6FN3O/c8-5-1-2-6-9-10-7(4-12)11(6)3-5/h1-3,12H,4H2. The van der Waals surface area contributed by atoms with E-state index in [4.69, 9.17) is 5.11 Å². The Bertz CT molecular complexity index is 412. The van der Waals surface area contributed by atoms with E-state index in [0.29, 0.717) is 11.5 Å². The van der Waals surface area contributed by atoms with Gasteiger partial charge in [0.05, 0.1) is 0 Å². The predicted molar refractivity (Wildman–Crippen MR) is 38.9 cm³/mol. The third kappa shape index (κ3) is 0.947. The molecule has 2 aromatic heterocycles. The fraction of sp³-hybridized carbons (Fsp3) is 0.143. The van der Waals surface area contributed by atoms with Crippen molar-refractivity contribution in [3.05, 3.63) is 30.0 Å². The smallest absolute Gasteiger partial charge is 0.163 e. The monoisotopic (exact) mass is 167 g/mol. The third-order valence-electron chi connectivity index (χ3n) is 1.58. The summed E-state index contributed by atoms with van der Waals surface area (Å²) in [5, 5.41) is 16.1. The van der Waals surface area contributed by atoms with E-state index < -0.39 is 0 Å². The zero-order valence-corrected chi connectivity index (χ0v) is 6.11. The van der Waals surface area contributed by atoms with Crippen LogP contribution in [0.3, 0.4) is 0 Å². The predicted octanol–water partition coefficient (Wildman–Crippen LogP) is 0.361. The molecule has 2 heterocycles. The molecule has 0 radical (unpaired) electrons. The summed E-state index contributed by atoms with van der Waals surface area (Å²) in [4.78, 5) is 0. The van der Waals surface area contributed by atoms with Crippen molar-refractivity contribution >= 4 is 5.65 Å². The van der Waals surface area contributed by atoms with Crippen LogP contribution in [-0.2, 0) is 6.61 Å². The lowest BCUT2D eigenvalue weighted by Crippen LogP contribution is -1.94. The SMILES string of the molecule is OCc1nnc2ccc(F)cn12. The molecule has 0 aromatic carbocycles. The fourth-order valence-electron chi connectivity index (χ4n) is 1.02. The molecule has 0 spiro atoms. The number of hydrogen-bond donors (Lipinski definition) is 1. The Kier molecular flexibility index (Phi) is 1.51. The highest BCUT2D eigenvalue weighted by molar-refractivity contribution is 5.37. The van der Waals surface area contributed by atoms with Crippen LogP contribution in [0.15, 0.2) is 18.3 Å². The van der Waals surface area contributed by atoms with Gasteiger partial charge in [-0.25, -0.2) is 4.39 Å². The van der Waals surface area contributed by atoms with Crippen LogP contribution in [0.2, 0.25) is 0 Å². The van der Waals surface area contributed by atoms with Gasteiger partial charge in [-0.15, -0.1) is 10.2 Å². The maximum Gasteiger partial charge on any atom is 0.163 e. The first-order chi connectivity index (χ1) is 5.81. The van der Waals surface area contributed by atoms with Crippen LogP contribution in [0.5, 0.6) is 0 Å². The number of fused-ring (bicyclic) bond motifs is 1. The number of halogens is 1. The normalized spacial score (nSPS) is 10.8. The first-order valence-corrected chi connectivity index (χ1v) is 3.41. The molecule has 0 fully saturated rings. The van der Waals surface area contributed by atoms with Crippen LogP contribution in [0.4, 0.5) is 4.39 Å². The second kappa shape index (κ2) is 2.53. The minimum Gasteiger partial charge on any atom is -0.388 e. The van der Waals surface area contributed by atoms with Gasteiger partial charge in [0.1, 0.15) is 12.4 Å². The van der Waals surface area contributed by atoms with Crippen LogP contribution in [0.1, 0.15) is 5.82 Å². The average Bonchev–Trinajstić information content (AvgIpc) is 2.46. The summed E-state index contributed by atoms with van der Waals surface area (Å²) < 4.78 is 14.1. The van der Waals surface area contributed by atoms with Crippen molar-refractivity contribution in [2.75, 3.05) is 0 Å². The van der Waals surface area contributed by atoms with Crippen LogP contribution in [-0.4, -0.2) is 19.7 Å². The number of rotatable bonds is 1. The van der Waals surface area contributed by atoms with Gasteiger partial charge in [0.25, 0.3) is 0 Å². The summed E-state index contributed by atoms with van der Waals surface area (Å²) in [6.45, 7) is -0.245. The van der Waals surface area contributed by atoms with E-state index in [-0.39, 0.29) is 12.4 Å². The molecule has 0 aliphatic heterocycles. The zero-order chi connectivity index (χ0) is 8.55. The number of nitrogens with zero attached hydrogens (tertiary/aromatic N) is 3. The second-order valence-electron chi connectivity index (χ2n) is 2.35. The molecule has 0 saturated carbocycles. The highest BCUT2D eigenvalue weighted by atomic mass is 19.1. The van der Waals surface area contributed by atoms with Crippen molar-refractivity contribution in [3.8, 4) is 0 Å². The molecule has 0 unspecified atom stereocenters. The van der Waals surface area contributed by atoms with Crippen molar-refractivity contribution in [2.24, 2.45) is 0 Å². The molecule has 0 aliphatic rings. The molecular weight excluding hydrogens is 161 g/mol. The number of pyridine rings is 1. The van der Waals surface area contributed by atoms with Gasteiger partial charge in [0, 0.05) is 6.20 Å². The van der Waals surface area contributed by atoms with Gasteiger partial charge in [-0.3, -0.25) is 4.40 Å². The summed E-state index contributed by atoms with van der Waals surface area (Å²) >= 11 is 0. The number of aliphatic hydroxyl groups is 1. The molecule has 0 saturated heterocycles. The van der Waals surface area contributed by atoms with Crippen LogP contribution >= 0.6 is 0 Å². The maximum atomic E-state index is 12.7. The highest BCUT2D eigenvalue weighted by Crippen LogP contribution is 2.05. The van der Waals surface area contributed by atoms with Crippen molar-refractivity contribution in [1.82, 2.24) is 14.6 Å². The van der Waals surface area contributed by atoms with Gasteiger partial charge in [-0.05, 0) is 12.1 Å². The third-order valence-corrected chi connectivity index (χ3v) is 1.58. The maximum absolute atomic E-state index is 12.7. The van der Waals surface area contributed by atoms with Gasteiger partial charge < -0.3 is 5.11 Å². The Morgan fingerprint density at radius 2 is 2.25 bits per heavy atom. The molecular formula is C7H6FN3O. The van der Waals surface area contributed by atoms with Crippen LogP contribution in [0.25, 0.3) is 5.65 Å². The fourth-order valence-corrected chi connectivity index (χ4v) is 1.02. The van der Waals surface area contributed by atoms with Crippen molar-refractivity contribution < 1.29 is 9.50 Å². The Morgan fingerprint density at radius 1 is 1.42 bits per heavy atom. The molecule has 0 atom stereocenters. The van der Waals surface area contributed by atoms with Gasteiger partial charge in [-0.2, -0.15) is 0 Å². The molecule has 0 bridgehead atoms. The zero-order valence-electron chi connectivity index (χ0n) is 6.11. The Hall–Kier alpha value is -1.49. The Balaban J connectivity index is 2.75. The van der Waals surface area contributed by atoms with Crippen LogP contribution in [0, 0.1) is 5.82 Å². The largest absolute Gasteiger partial charge is 0.388 e. The summed E-state index contributed by atoms with van der Waals surface area (Å²) in [5.41, 5.74) is 0.528. The lowest BCUT2D eigenvalue weighted by atomic mass is 10.4. The van der Waals surface area contributed by atoms with E-state index in [1.807, 2.05) is 0 Å². The molecule has 4 nitrogen and oxygen atoms in total. The molecule has 12 heavy (non-hydrogen) atoms. The van der Waals surface area contributed by atoms with E-state index in [9.17, 15) is 4.39 Å². The van der Waals surface area contributed by atoms with Gasteiger partial charge in [0.15, 0.2) is 11.5 Å². The first kappa shape index (κ1) is 7.17. The van der Waals surface area contributed by atoms with Crippen molar-refractivity contribution in [2.45, 2.75) is 6.61 Å². The number of hydrogen-bond acceptors (Lipinski definition) is 3. The lowest BCUT2D eigenvalue weighted by molar-refractivity contribution is 0.270. The van der Waals surface area contributed by atoms with Gasteiger partial charge >= 0.3 is 0 Å². The van der Waals surface area contributed by atoms with E-state index in [1.54, 1.807) is 0 Å². The molecule has 2 rings (SSSR count). The summed E-state index contributed by atoms with van der Waals surface area (Å²) in [6.07, 6.45) is 1.24. The summed E-state index contributed by atoms with van der Waals surface area (Å²) in [5.74, 6) is -0.0403. The summed E-state index contributed by atoms with van der Waals surface area (Å²) in [7, 11) is 0. The average molecular weight is 167 g/mol. The molecule has 1 N–H and O–H groups in total. The van der Waals surface area contributed by atoms with Crippen molar-refractivity contribution in [3.63, 3.8) is 0 Å². The topological polar surface area (TPSA) is 50.4 Å². The van der Waals surface area contributed by atoms with E-state index in [2.05, 4.69) is 10.2 Å². The summed E-state index contributed by atoms with van der Waals surface area (Å²) in [6, 6.07) is 2.80. The number of aliphatic hydroxyl groups excluding tert-OH is 1. The molecule has 62 valence electrons. The van der Waals surface area contributed by atoms with Gasteiger partial charge in [0.2, 0.25) is 0 Å². The van der Waals surface area contributed by atoms with Gasteiger partial charge in [-0.1, -0.05) is 0 Å². The van der Waals surface area contributed by atoms with Crippen molar-refractivity contribution in [1.29, 1.82) is 0 Å². The Morgan fingerprint density at radius 3 is 3.00 bits per heavy atom. The second-order valence-corrected chi connectivity index (χ2v) is 2.35. The molecule has 2 aromatic rings. The molecule has 0 amide bonds. The lowest BCUT2D eigenvalue weighted by Gasteiger charge is -1.94. The van der Waals surface area contributed by atoms with E-state index in [0.717, 1.165) is 0 Å². The van der Waals surface area contributed by atoms with E-state index >= 15 is 0 Å². The highest BCUT2D eigenvalue weighted by Gasteiger charge is 2.03. The molecule has 0 aliphatic carbocycles. The quantitative estimate of drug-likeness (QED) is 0.667. The Labute approximate surface area is 67.3 Å². The number of aromatic nitrogens is 3. The first-order valence-electron chi connectivity index (χ1n) is 3.41. The van der Waals surface area contributed by atoms with Crippen LogP contribution < -0.4 is 0 Å². The minimum absolute atomic E-state index is 0.245. The van der Waals surface area contributed by atoms with E-state index in [1.165, 1.54) is 22.7 Å². The minimum atomic E-state index is -0.378.